The highest BCUT2D eigenvalue weighted by Crippen LogP contribution is 2.69. The van der Waals surface area contributed by atoms with Crippen LogP contribution in [0.1, 0.15) is 65.7 Å². The van der Waals surface area contributed by atoms with Gasteiger partial charge in [-0.3, -0.25) is 4.79 Å². The Balaban J connectivity index is 1.84. The third-order valence-electron chi connectivity index (χ3n) is 8.96. The number of ketones is 1. The summed E-state index contributed by atoms with van der Waals surface area (Å²) in [6.45, 7) is 5.42. The lowest BCUT2D eigenvalue weighted by atomic mass is 9.43. The van der Waals surface area contributed by atoms with E-state index in [1.807, 2.05) is 6.08 Å². The molecule has 5 nitrogen and oxygen atoms in total. The second-order valence-electron chi connectivity index (χ2n) is 9.82. The number of hydrogen-bond acceptors (Lipinski definition) is 5. The maximum atomic E-state index is 12.2. The number of carbonyl (C=O) groups excluding carboxylic acids is 1. The van der Waals surface area contributed by atoms with Gasteiger partial charge in [0.2, 0.25) is 0 Å². The Morgan fingerprint density at radius 2 is 1.85 bits per heavy atom. The molecular formula is C21H32O5. The molecule has 0 aromatic carbocycles. The molecule has 5 heteroatoms. The molecule has 4 unspecified atom stereocenters. The van der Waals surface area contributed by atoms with Crippen LogP contribution in [0.2, 0.25) is 0 Å². The van der Waals surface area contributed by atoms with Crippen molar-refractivity contribution in [1.29, 1.82) is 0 Å². The van der Waals surface area contributed by atoms with Crippen molar-refractivity contribution in [1.82, 2.24) is 0 Å². The Morgan fingerprint density at radius 3 is 2.50 bits per heavy atom. The van der Waals surface area contributed by atoms with E-state index in [1.165, 1.54) is 6.92 Å². The van der Waals surface area contributed by atoms with Crippen LogP contribution in [0.5, 0.6) is 0 Å². The second kappa shape index (κ2) is 5.40. The molecule has 0 aromatic heterocycles. The average Bonchev–Trinajstić information content (AvgIpc) is 2.86. The van der Waals surface area contributed by atoms with Crippen molar-refractivity contribution in [3.8, 4) is 0 Å². The molecule has 0 aromatic rings. The van der Waals surface area contributed by atoms with Gasteiger partial charge in [0, 0.05) is 17.3 Å². The lowest BCUT2D eigenvalue weighted by molar-refractivity contribution is -0.297. The summed E-state index contributed by atoms with van der Waals surface area (Å²) >= 11 is 0. The van der Waals surface area contributed by atoms with Gasteiger partial charge in [-0.25, -0.2) is 0 Å². The van der Waals surface area contributed by atoms with Crippen LogP contribution in [-0.2, 0) is 4.79 Å². The number of rotatable bonds is 1. The lowest BCUT2D eigenvalue weighted by Crippen LogP contribution is -2.75. The summed E-state index contributed by atoms with van der Waals surface area (Å²) in [4.78, 5) is 12.2. The van der Waals surface area contributed by atoms with Crippen molar-refractivity contribution < 1.29 is 25.2 Å². The van der Waals surface area contributed by atoms with Crippen molar-refractivity contribution in [3.05, 3.63) is 11.6 Å². The van der Waals surface area contributed by atoms with Crippen molar-refractivity contribution in [2.45, 2.75) is 89.1 Å². The number of aliphatic hydroxyl groups is 4. The van der Waals surface area contributed by atoms with Crippen molar-refractivity contribution in [2.75, 3.05) is 0 Å². The number of hydrogen-bond donors (Lipinski definition) is 4. The smallest absolute Gasteiger partial charge is 0.133 e. The Hall–Kier alpha value is -0.750. The van der Waals surface area contributed by atoms with Gasteiger partial charge in [0.15, 0.2) is 0 Å². The first-order chi connectivity index (χ1) is 12.0. The summed E-state index contributed by atoms with van der Waals surface area (Å²) in [5.41, 5.74) is -3.06. The van der Waals surface area contributed by atoms with E-state index in [0.29, 0.717) is 38.5 Å². The molecule has 8 atom stereocenters. The highest BCUT2D eigenvalue weighted by molar-refractivity contribution is 5.80. The van der Waals surface area contributed by atoms with E-state index in [9.17, 15) is 25.2 Å². The monoisotopic (exact) mass is 364 g/mol. The number of aliphatic hydroxyl groups excluding tert-OH is 2. The number of fused-ring (bicyclic) bond motifs is 5. The Labute approximate surface area is 155 Å². The summed E-state index contributed by atoms with van der Waals surface area (Å²) in [5, 5.41) is 44.9. The predicted molar refractivity (Wildman–Crippen MR) is 96.2 cm³/mol. The van der Waals surface area contributed by atoms with Gasteiger partial charge in [0.1, 0.15) is 17.0 Å². The number of Topliss-reactive ketones (excluding diaryl/α,β-unsaturated/α-hetero) is 1. The van der Waals surface area contributed by atoms with E-state index in [0.717, 1.165) is 12.0 Å². The standard InChI is InChI=1S/C21H32O5/c1-12(22)15-6-9-21(26)19(15,3)17(24)11-16-18(2)7-5-14(23)10-13(18)4-8-20(16,21)25/h4,14-17,23-26H,5-11H2,1-3H3/t14-,15?,16?,17+,18?,19-,20?,21+/m0/s1. The van der Waals surface area contributed by atoms with Crippen molar-refractivity contribution in [3.63, 3.8) is 0 Å². The van der Waals surface area contributed by atoms with Crippen LogP contribution in [0.3, 0.4) is 0 Å². The molecule has 0 aliphatic heterocycles. The van der Waals surface area contributed by atoms with Gasteiger partial charge in [0.05, 0.1) is 12.2 Å². The Morgan fingerprint density at radius 1 is 1.15 bits per heavy atom. The average molecular weight is 364 g/mol. The minimum Gasteiger partial charge on any atom is -0.393 e. The molecule has 4 aliphatic rings. The van der Waals surface area contributed by atoms with E-state index in [-0.39, 0.29) is 23.2 Å². The maximum absolute atomic E-state index is 12.2. The lowest BCUT2D eigenvalue weighted by Gasteiger charge is -2.66. The zero-order valence-corrected chi connectivity index (χ0v) is 16.0. The van der Waals surface area contributed by atoms with Crippen LogP contribution in [0.15, 0.2) is 11.6 Å². The van der Waals surface area contributed by atoms with Gasteiger partial charge in [-0.15, -0.1) is 0 Å². The summed E-state index contributed by atoms with van der Waals surface area (Å²) in [5.74, 6) is -0.733. The van der Waals surface area contributed by atoms with Gasteiger partial charge in [-0.1, -0.05) is 25.5 Å². The van der Waals surface area contributed by atoms with E-state index in [2.05, 4.69) is 6.92 Å². The molecule has 3 saturated carbocycles. The van der Waals surface area contributed by atoms with E-state index in [1.54, 1.807) is 6.92 Å². The molecule has 0 heterocycles. The van der Waals surface area contributed by atoms with E-state index >= 15 is 0 Å². The van der Waals surface area contributed by atoms with Crippen molar-refractivity contribution in [2.24, 2.45) is 22.7 Å². The first kappa shape index (κ1) is 18.6. The predicted octanol–water partition coefficient (Wildman–Crippen LogP) is 1.72. The third-order valence-corrected chi connectivity index (χ3v) is 8.96. The molecule has 4 N–H and O–H groups in total. The molecule has 3 fully saturated rings. The third kappa shape index (κ3) is 1.93. The first-order valence-electron chi connectivity index (χ1n) is 10.0. The van der Waals surface area contributed by atoms with Crippen molar-refractivity contribution >= 4 is 5.78 Å². The van der Waals surface area contributed by atoms with Crippen LogP contribution in [0.4, 0.5) is 0 Å². The molecule has 4 aliphatic carbocycles. The fraction of sp³-hybridized carbons (Fsp3) is 0.857. The summed E-state index contributed by atoms with van der Waals surface area (Å²) in [7, 11) is 0. The minimum atomic E-state index is -1.49. The first-order valence-corrected chi connectivity index (χ1v) is 10.0. The molecular weight excluding hydrogens is 332 g/mol. The zero-order valence-electron chi connectivity index (χ0n) is 16.0. The van der Waals surface area contributed by atoms with Crippen LogP contribution in [0, 0.1) is 22.7 Å². The van der Waals surface area contributed by atoms with E-state index < -0.39 is 28.6 Å². The Kier molecular flexibility index (Phi) is 3.87. The zero-order chi connectivity index (χ0) is 19.1. The van der Waals surface area contributed by atoms with Crippen LogP contribution in [0.25, 0.3) is 0 Å². The van der Waals surface area contributed by atoms with Gasteiger partial charge < -0.3 is 20.4 Å². The fourth-order valence-corrected chi connectivity index (χ4v) is 7.29. The molecule has 0 amide bonds. The fourth-order valence-electron chi connectivity index (χ4n) is 7.29. The summed E-state index contributed by atoms with van der Waals surface area (Å²) in [6.07, 6.45) is 4.36. The number of carbonyl (C=O) groups is 1. The van der Waals surface area contributed by atoms with Gasteiger partial charge in [-0.05, 0) is 57.3 Å². The molecule has 0 bridgehead atoms. The normalized spacial score (nSPS) is 56.2. The molecule has 0 spiro atoms. The van der Waals surface area contributed by atoms with Gasteiger partial charge in [0.25, 0.3) is 0 Å². The van der Waals surface area contributed by atoms with Crippen LogP contribution >= 0.6 is 0 Å². The van der Waals surface area contributed by atoms with Gasteiger partial charge >= 0.3 is 0 Å². The SMILES string of the molecule is CC(=O)C1CC[C@]2(O)C3(O)CC=C4C[C@@H](O)CCC4(C)C3C[C@@H](O)[C@]12C. The van der Waals surface area contributed by atoms with Crippen LogP contribution < -0.4 is 0 Å². The molecule has 146 valence electrons. The molecule has 0 saturated heterocycles. The molecule has 4 rings (SSSR count). The molecule has 26 heavy (non-hydrogen) atoms. The Bertz CT molecular complexity index is 673. The quantitative estimate of drug-likeness (QED) is 0.531. The highest BCUT2D eigenvalue weighted by Gasteiger charge is 2.76. The summed E-state index contributed by atoms with van der Waals surface area (Å²) < 4.78 is 0. The minimum absolute atomic E-state index is 0.0245. The van der Waals surface area contributed by atoms with Gasteiger partial charge in [-0.2, -0.15) is 0 Å². The van der Waals surface area contributed by atoms with E-state index in [4.69, 9.17) is 0 Å². The second-order valence-corrected chi connectivity index (χ2v) is 9.82. The molecule has 0 radical (unpaired) electrons. The summed E-state index contributed by atoms with van der Waals surface area (Å²) in [6, 6.07) is 0. The highest BCUT2D eigenvalue weighted by atomic mass is 16.4. The maximum Gasteiger partial charge on any atom is 0.133 e. The van der Waals surface area contributed by atoms with Crippen LogP contribution in [-0.4, -0.2) is 49.6 Å². The topological polar surface area (TPSA) is 98.0 Å². The largest absolute Gasteiger partial charge is 0.393 e.